The minimum Gasteiger partial charge on any atom is -0.302 e. The van der Waals surface area contributed by atoms with Crippen molar-refractivity contribution < 1.29 is 4.79 Å². The van der Waals surface area contributed by atoms with E-state index in [0.717, 1.165) is 6.29 Å². The summed E-state index contributed by atoms with van der Waals surface area (Å²) in [5, 5.41) is 8.78. The summed E-state index contributed by atoms with van der Waals surface area (Å²) >= 11 is 5.08. The molecule has 0 bridgehead atoms. The Hall–Kier alpha value is -0.580. The molecule has 4 heteroatoms. The SMILES string of the molecule is O=CCSC(c1ccsc1)c1ccsc1. The van der Waals surface area contributed by atoms with Crippen molar-refractivity contribution in [1.82, 2.24) is 0 Å². The lowest BCUT2D eigenvalue weighted by molar-refractivity contribution is -0.105. The lowest BCUT2D eigenvalue weighted by Crippen LogP contribution is -1.95. The topological polar surface area (TPSA) is 17.1 Å². The molecule has 0 saturated heterocycles. The Balaban J connectivity index is 2.20. The molecule has 1 nitrogen and oxygen atoms in total. The fourth-order valence-electron chi connectivity index (χ4n) is 1.37. The van der Waals surface area contributed by atoms with Crippen LogP contribution in [0, 0.1) is 0 Å². The average molecular weight is 254 g/mol. The monoisotopic (exact) mass is 254 g/mol. The zero-order chi connectivity index (χ0) is 10.5. The summed E-state index contributed by atoms with van der Waals surface area (Å²) in [4.78, 5) is 10.4. The molecule has 2 rings (SSSR count). The van der Waals surface area contributed by atoms with E-state index in [1.807, 2.05) is 0 Å². The van der Waals surface area contributed by atoms with E-state index in [2.05, 4.69) is 33.7 Å². The first-order valence-electron chi connectivity index (χ1n) is 4.51. The van der Waals surface area contributed by atoms with Crippen LogP contribution in [0.3, 0.4) is 0 Å². The average Bonchev–Trinajstić information content (AvgIpc) is 2.90. The zero-order valence-electron chi connectivity index (χ0n) is 7.96. The fraction of sp³-hybridized carbons (Fsp3) is 0.182. The van der Waals surface area contributed by atoms with Crippen molar-refractivity contribution in [3.05, 3.63) is 44.8 Å². The Morgan fingerprint density at radius 3 is 2.20 bits per heavy atom. The van der Waals surface area contributed by atoms with Crippen LogP contribution in [-0.2, 0) is 4.79 Å². The van der Waals surface area contributed by atoms with E-state index in [9.17, 15) is 4.79 Å². The van der Waals surface area contributed by atoms with E-state index in [0.29, 0.717) is 11.0 Å². The third-order valence-electron chi connectivity index (χ3n) is 2.02. The van der Waals surface area contributed by atoms with Gasteiger partial charge in [0.05, 0.1) is 11.0 Å². The molecule has 0 N–H and O–H groups in total. The maximum atomic E-state index is 10.4. The highest BCUT2D eigenvalue weighted by Crippen LogP contribution is 2.37. The van der Waals surface area contributed by atoms with E-state index >= 15 is 0 Å². The van der Waals surface area contributed by atoms with E-state index in [-0.39, 0.29) is 0 Å². The van der Waals surface area contributed by atoms with Gasteiger partial charge in [-0.3, -0.25) is 0 Å². The molecule has 2 aromatic rings. The lowest BCUT2D eigenvalue weighted by Gasteiger charge is -2.12. The maximum Gasteiger partial charge on any atom is 0.129 e. The van der Waals surface area contributed by atoms with E-state index < -0.39 is 0 Å². The Bertz CT molecular complexity index is 357. The summed E-state index contributed by atoms with van der Waals surface area (Å²) in [5.74, 6) is 0.552. The number of rotatable bonds is 5. The highest BCUT2D eigenvalue weighted by molar-refractivity contribution is 8.00. The summed E-state index contributed by atoms with van der Waals surface area (Å²) in [5.41, 5.74) is 2.59. The summed E-state index contributed by atoms with van der Waals surface area (Å²) in [6, 6.07) is 4.26. The number of carbonyl (C=O) groups excluding carboxylic acids is 1. The van der Waals surface area contributed by atoms with Gasteiger partial charge in [0.15, 0.2) is 0 Å². The van der Waals surface area contributed by atoms with Crippen molar-refractivity contribution >= 4 is 40.7 Å². The number of aldehydes is 1. The van der Waals surface area contributed by atoms with Crippen LogP contribution in [0.2, 0.25) is 0 Å². The number of hydrogen-bond acceptors (Lipinski definition) is 4. The van der Waals surface area contributed by atoms with Gasteiger partial charge in [-0.15, -0.1) is 11.8 Å². The van der Waals surface area contributed by atoms with Gasteiger partial charge in [0.2, 0.25) is 0 Å². The van der Waals surface area contributed by atoms with Gasteiger partial charge in [0.25, 0.3) is 0 Å². The summed E-state index contributed by atoms with van der Waals surface area (Å²) in [6.45, 7) is 0. The van der Waals surface area contributed by atoms with E-state index in [1.165, 1.54) is 11.1 Å². The van der Waals surface area contributed by atoms with Gasteiger partial charge in [-0.25, -0.2) is 0 Å². The summed E-state index contributed by atoms with van der Waals surface area (Å²) in [7, 11) is 0. The van der Waals surface area contributed by atoms with Crippen molar-refractivity contribution in [2.24, 2.45) is 0 Å². The molecule has 0 aromatic carbocycles. The van der Waals surface area contributed by atoms with Crippen molar-refractivity contribution in [1.29, 1.82) is 0 Å². The van der Waals surface area contributed by atoms with E-state index in [4.69, 9.17) is 0 Å². The smallest absolute Gasteiger partial charge is 0.129 e. The highest BCUT2D eigenvalue weighted by Gasteiger charge is 2.14. The molecule has 0 fully saturated rings. The zero-order valence-corrected chi connectivity index (χ0v) is 10.4. The standard InChI is InChI=1S/C11H10OS3/c12-3-6-15-11(9-1-4-13-7-9)10-2-5-14-8-10/h1-5,7-8,11H,6H2. The molecule has 0 amide bonds. The largest absolute Gasteiger partial charge is 0.302 e. The molecular formula is C11H10OS3. The Kier molecular flexibility index (Phi) is 4.00. The third-order valence-corrected chi connectivity index (χ3v) is 4.63. The summed E-state index contributed by atoms with van der Waals surface area (Å²) in [6.07, 6.45) is 0.969. The van der Waals surface area contributed by atoms with Crippen LogP contribution in [-0.4, -0.2) is 12.0 Å². The normalized spacial score (nSPS) is 10.7. The van der Waals surface area contributed by atoms with Crippen LogP contribution < -0.4 is 0 Å². The molecule has 2 aromatic heterocycles. The second kappa shape index (κ2) is 5.49. The van der Waals surface area contributed by atoms with Gasteiger partial charge in [-0.2, -0.15) is 22.7 Å². The molecule has 0 aliphatic carbocycles. The minimum atomic E-state index is 0.313. The third kappa shape index (κ3) is 2.71. The molecular weight excluding hydrogens is 244 g/mol. The molecule has 78 valence electrons. The fourth-order valence-corrected chi connectivity index (χ4v) is 3.86. The second-order valence-corrected chi connectivity index (χ2v) is 5.69. The number of thioether (sulfide) groups is 1. The van der Waals surface area contributed by atoms with Crippen LogP contribution in [0.5, 0.6) is 0 Å². The van der Waals surface area contributed by atoms with Crippen LogP contribution in [0.15, 0.2) is 33.7 Å². The van der Waals surface area contributed by atoms with E-state index in [1.54, 1.807) is 34.4 Å². The molecule has 0 spiro atoms. The number of carbonyl (C=O) groups is 1. The summed E-state index contributed by atoms with van der Waals surface area (Å²) < 4.78 is 0. The van der Waals surface area contributed by atoms with Crippen LogP contribution in [0.25, 0.3) is 0 Å². The van der Waals surface area contributed by atoms with Gasteiger partial charge < -0.3 is 4.79 Å². The molecule has 15 heavy (non-hydrogen) atoms. The minimum absolute atomic E-state index is 0.313. The maximum absolute atomic E-state index is 10.4. The van der Waals surface area contributed by atoms with Gasteiger partial charge in [-0.05, 0) is 44.8 Å². The first-order chi connectivity index (χ1) is 7.42. The molecule has 0 unspecified atom stereocenters. The van der Waals surface area contributed by atoms with Crippen molar-refractivity contribution in [2.45, 2.75) is 5.25 Å². The first-order valence-corrected chi connectivity index (χ1v) is 7.44. The van der Waals surface area contributed by atoms with Crippen LogP contribution in [0.4, 0.5) is 0 Å². The van der Waals surface area contributed by atoms with Gasteiger partial charge in [-0.1, -0.05) is 0 Å². The van der Waals surface area contributed by atoms with Gasteiger partial charge in [0.1, 0.15) is 6.29 Å². The molecule has 0 radical (unpaired) electrons. The predicted octanol–water partition coefficient (Wildman–Crippen LogP) is 3.83. The molecule has 0 aliphatic heterocycles. The molecule has 2 heterocycles. The van der Waals surface area contributed by atoms with Crippen LogP contribution in [0.1, 0.15) is 16.4 Å². The molecule has 0 aliphatic rings. The molecule has 0 saturated carbocycles. The number of thiophene rings is 2. The second-order valence-electron chi connectivity index (χ2n) is 2.99. The highest BCUT2D eigenvalue weighted by atomic mass is 32.2. The Morgan fingerprint density at radius 1 is 1.20 bits per heavy atom. The van der Waals surface area contributed by atoms with Crippen LogP contribution >= 0.6 is 34.4 Å². The molecule has 0 atom stereocenters. The Morgan fingerprint density at radius 2 is 1.80 bits per heavy atom. The lowest BCUT2D eigenvalue weighted by atomic mass is 10.1. The number of hydrogen-bond donors (Lipinski definition) is 0. The predicted molar refractivity (Wildman–Crippen MR) is 69.0 cm³/mol. The van der Waals surface area contributed by atoms with Gasteiger partial charge >= 0.3 is 0 Å². The van der Waals surface area contributed by atoms with Crippen molar-refractivity contribution in [2.75, 3.05) is 5.75 Å². The van der Waals surface area contributed by atoms with Crippen molar-refractivity contribution in [3.63, 3.8) is 0 Å². The quantitative estimate of drug-likeness (QED) is 0.754. The Labute approximate surface area is 101 Å². The van der Waals surface area contributed by atoms with Crippen molar-refractivity contribution in [3.8, 4) is 0 Å². The first kappa shape index (κ1) is 10.9. The van der Waals surface area contributed by atoms with Gasteiger partial charge in [0, 0.05) is 0 Å².